The number of nitrogens with one attached hydrogen (secondary N) is 2. The van der Waals surface area contributed by atoms with E-state index in [4.69, 9.17) is 4.74 Å². The number of rotatable bonds is 5. The van der Waals surface area contributed by atoms with Crippen molar-refractivity contribution in [1.29, 1.82) is 0 Å². The molecule has 31 heavy (non-hydrogen) atoms. The third kappa shape index (κ3) is 4.19. The Morgan fingerprint density at radius 2 is 1.81 bits per heavy atom. The van der Waals surface area contributed by atoms with Gasteiger partial charge in [0.25, 0.3) is 5.91 Å². The summed E-state index contributed by atoms with van der Waals surface area (Å²) < 4.78 is 63.3. The number of benzene rings is 2. The zero-order chi connectivity index (χ0) is 22.0. The molecule has 4 rings (SSSR count). The van der Waals surface area contributed by atoms with E-state index in [0.29, 0.717) is 6.54 Å². The molecule has 0 aliphatic carbocycles. The number of amides is 1. The van der Waals surface area contributed by atoms with E-state index in [1.807, 2.05) is 0 Å². The van der Waals surface area contributed by atoms with Crippen molar-refractivity contribution in [2.24, 2.45) is 0 Å². The lowest BCUT2D eigenvalue weighted by Crippen LogP contribution is -2.22. The Morgan fingerprint density at radius 3 is 2.52 bits per heavy atom. The SMILES string of the molecule is O=C(Nc1cncnc1O[C@H]1CCNC1)c1ccc(F)c(-c2c(F)cccc2F)c1F. The van der Waals surface area contributed by atoms with Crippen LogP contribution in [-0.2, 0) is 0 Å². The first-order valence-electron chi connectivity index (χ1n) is 9.37. The van der Waals surface area contributed by atoms with E-state index in [1.165, 1.54) is 12.5 Å². The maximum atomic E-state index is 15.1. The molecule has 0 radical (unpaired) electrons. The summed E-state index contributed by atoms with van der Waals surface area (Å²) in [5, 5.41) is 5.53. The van der Waals surface area contributed by atoms with E-state index >= 15 is 4.39 Å². The summed E-state index contributed by atoms with van der Waals surface area (Å²) in [4.78, 5) is 20.5. The number of hydrogen-bond acceptors (Lipinski definition) is 5. The number of anilines is 1. The summed E-state index contributed by atoms with van der Waals surface area (Å²) >= 11 is 0. The predicted octanol–water partition coefficient (Wildman–Crippen LogP) is 3.69. The highest BCUT2D eigenvalue weighted by Gasteiger charge is 2.25. The number of halogens is 4. The summed E-state index contributed by atoms with van der Waals surface area (Å²) in [6, 6.07) is 4.45. The summed E-state index contributed by atoms with van der Waals surface area (Å²) in [7, 11) is 0. The van der Waals surface area contributed by atoms with Crippen LogP contribution in [0.3, 0.4) is 0 Å². The minimum atomic E-state index is -1.40. The second-order valence-electron chi connectivity index (χ2n) is 6.81. The van der Waals surface area contributed by atoms with Crippen LogP contribution in [0.25, 0.3) is 11.1 Å². The van der Waals surface area contributed by atoms with E-state index in [0.717, 1.165) is 43.3 Å². The monoisotopic (exact) mass is 432 g/mol. The number of carbonyl (C=O) groups excluding carboxylic acids is 1. The van der Waals surface area contributed by atoms with Gasteiger partial charge in [0.05, 0.1) is 22.9 Å². The Labute approximate surface area is 174 Å². The van der Waals surface area contributed by atoms with Gasteiger partial charge in [-0.1, -0.05) is 6.07 Å². The van der Waals surface area contributed by atoms with Gasteiger partial charge >= 0.3 is 0 Å². The van der Waals surface area contributed by atoms with Crippen LogP contribution < -0.4 is 15.4 Å². The van der Waals surface area contributed by atoms with Crippen LogP contribution in [0, 0.1) is 23.3 Å². The largest absolute Gasteiger partial charge is 0.471 e. The molecule has 0 bridgehead atoms. The third-order valence-corrected chi connectivity index (χ3v) is 4.77. The summed E-state index contributed by atoms with van der Waals surface area (Å²) in [5.74, 6) is -5.83. The molecule has 1 atom stereocenters. The Morgan fingerprint density at radius 1 is 1.06 bits per heavy atom. The lowest BCUT2D eigenvalue weighted by atomic mass is 9.99. The molecule has 2 heterocycles. The first kappa shape index (κ1) is 20.7. The number of ether oxygens (including phenoxy) is 1. The molecule has 2 aromatic carbocycles. The van der Waals surface area contributed by atoms with Gasteiger partial charge in [-0.15, -0.1) is 0 Å². The van der Waals surface area contributed by atoms with Crippen molar-refractivity contribution in [1.82, 2.24) is 15.3 Å². The van der Waals surface area contributed by atoms with Gasteiger partial charge in [-0.3, -0.25) is 4.79 Å². The molecule has 1 aliphatic heterocycles. The number of aromatic nitrogens is 2. The van der Waals surface area contributed by atoms with Crippen LogP contribution in [-0.4, -0.2) is 35.1 Å². The van der Waals surface area contributed by atoms with Crippen LogP contribution >= 0.6 is 0 Å². The number of hydrogen-bond donors (Lipinski definition) is 2. The van der Waals surface area contributed by atoms with E-state index < -0.39 is 45.9 Å². The zero-order valence-corrected chi connectivity index (χ0v) is 16.0. The first-order valence-corrected chi connectivity index (χ1v) is 9.37. The van der Waals surface area contributed by atoms with E-state index in [9.17, 15) is 18.0 Å². The molecular formula is C21H16F4N4O2. The molecule has 10 heteroatoms. The molecule has 1 amide bonds. The Kier molecular flexibility index (Phi) is 5.81. The van der Waals surface area contributed by atoms with Crippen molar-refractivity contribution in [3.05, 3.63) is 71.7 Å². The van der Waals surface area contributed by atoms with Gasteiger partial charge in [0, 0.05) is 6.54 Å². The highest BCUT2D eigenvalue weighted by molar-refractivity contribution is 6.05. The van der Waals surface area contributed by atoms with Crippen molar-refractivity contribution in [2.45, 2.75) is 12.5 Å². The Bertz CT molecular complexity index is 1120. The van der Waals surface area contributed by atoms with Gasteiger partial charge < -0.3 is 15.4 Å². The standard InChI is InChI=1S/C21H16F4N4O2/c22-13-2-1-3-14(23)17(13)18-15(24)5-4-12(19(18)25)20(30)29-16-9-27-10-28-21(16)31-11-6-7-26-8-11/h1-5,9-11,26H,6-8H2,(H,29,30)/t11-/m0/s1. The molecule has 1 fully saturated rings. The fraction of sp³-hybridized carbons (Fsp3) is 0.190. The Balaban J connectivity index is 1.66. The first-order chi connectivity index (χ1) is 15.0. The molecule has 6 nitrogen and oxygen atoms in total. The minimum absolute atomic E-state index is 0.0711. The lowest BCUT2D eigenvalue weighted by Gasteiger charge is -2.15. The van der Waals surface area contributed by atoms with Gasteiger partial charge in [0.15, 0.2) is 0 Å². The summed E-state index contributed by atoms with van der Waals surface area (Å²) in [6.07, 6.45) is 3.07. The average Bonchev–Trinajstić information content (AvgIpc) is 3.24. The highest BCUT2D eigenvalue weighted by atomic mass is 19.1. The van der Waals surface area contributed by atoms with Gasteiger partial charge in [0.2, 0.25) is 5.88 Å². The molecule has 160 valence electrons. The van der Waals surface area contributed by atoms with Crippen LogP contribution in [0.5, 0.6) is 5.88 Å². The third-order valence-electron chi connectivity index (χ3n) is 4.77. The van der Waals surface area contributed by atoms with Gasteiger partial charge in [-0.05, 0) is 37.2 Å². The fourth-order valence-electron chi connectivity index (χ4n) is 3.27. The predicted molar refractivity (Wildman–Crippen MR) is 104 cm³/mol. The smallest absolute Gasteiger partial charge is 0.258 e. The molecule has 2 N–H and O–H groups in total. The molecule has 1 saturated heterocycles. The van der Waals surface area contributed by atoms with E-state index in [1.54, 1.807) is 0 Å². The quantitative estimate of drug-likeness (QED) is 0.602. The lowest BCUT2D eigenvalue weighted by molar-refractivity contribution is 0.102. The molecule has 0 saturated carbocycles. The average molecular weight is 432 g/mol. The van der Waals surface area contributed by atoms with Crippen LogP contribution in [0.1, 0.15) is 16.8 Å². The molecular weight excluding hydrogens is 416 g/mol. The van der Waals surface area contributed by atoms with Crippen molar-refractivity contribution >= 4 is 11.6 Å². The van der Waals surface area contributed by atoms with Gasteiger partial charge in [-0.25, -0.2) is 22.5 Å². The number of nitrogens with zero attached hydrogens (tertiary/aromatic N) is 2. The van der Waals surface area contributed by atoms with E-state index in [-0.39, 0.29) is 17.7 Å². The highest BCUT2D eigenvalue weighted by Crippen LogP contribution is 2.33. The summed E-state index contributed by atoms with van der Waals surface area (Å²) in [6.45, 7) is 1.37. The fourth-order valence-corrected chi connectivity index (χ4v) is 3.27. The van der Waals surface area contributed by atoms with E-state index in [2.05, 4.69) is 20.6 Å². The molecule has 0 unspecified atom stereocenters. The van der Waals surface area contributed by atoms with Crippen molar-refractivity contribution in [2.75, 3.05) is 18.4 Å². The van der Waals surface area contributed by atoms with Crippen LogP contribution in [0.4, 0.5) is 23.2 Å². The Hall–Kier alpha value is -3.53. The maximum Gasteiger partial charge on any atom is 0.258 e. The maximum absolute atomic E-state index is 15.1. The van der Waals surface area contributed by atoms with Crippen LogP contribution in [0.15, 0.2) is 42.9 Å². The summed E-state index contributed by atoms with van der Waals surface area (Å²) in [5.41, 5.74) is -2.41. The van der Waals surface area contributed by atoms with Crippen molar-refractivity contribution in [3.63, 3.8) is 0 Å². The second-order valence-corrected chi connectivity index (χ2v) is 6.81. The molecule has 1 aromatic heterocycles. The second kappa shape index (κ2) is 8.68. The van der Waals surface area contributed by atoms with Gasteiger partial charge in [-0.2, -0.15) is 4.98 Å². The molecule has 3 aromatic rings. The topological polar surface area (TPSA) is 76.1 Å². The molecule has 0 spiro atoms. The van der Waals surface area contributed by atoms with Crippen LogP contribution in [0.2, 0.25) is 0 Å². The number of carbonyl (C=O) groups is 1. The van der Waals surface area contributed by atoms with Crippen molar-refractivity contribution in [3.8, 4) is 17.0 Å². The zero-order valence-electron chi connectivity index (χ0n) is 16.0. The normalized spacial score (nSPS) is 15.7. The van der Waals surface area contributed by atoms with Gasteiger partial charge in [0.1, 0.15) is 41.4 Å². The molecule has 1 aliphatic rings. The minimum Gasteiger partial charge on any atom is -0.471 e. The van der Waals surface area contributed by atoms with Crippen molar-refractivity contribution < 1.29 is 27.1 Å².